The van der Waals surface area contributed by atoms with E-state index in [4.69, 9.17) is 4.74 Å². The first-order valence-corrected chi connectivity index (χ1v) is 4.45. The largest absolute Gasteiger partial charge is 0.457 e. The molecule has 13 heavy (non-hydrogen) atoms. The molecule has 0 aromatic carbocycles. The number of hydrogen-bond donors (Lipinski definition) is 0. The lowest BCUT2D eigenvalue weighted by Gasteiger charge is -2.16. The Hall–Kier alpha value is -0.860. The molecule has 0 saturated carbocycles. The molecule has 3 nitrogen and oxygen atoms in total. The molecule has 0 atom stereocenters. The Morgan fingerprint density at radius 2 is 1.69 bits per heavy atom. The SMILES string of the molecule is CC(C)C(=O)COC(=O)C(C)(C)C. The van der Waals surface area contributed by atoms with Crippen molar-refractivity contribution < 1.29 is 14.3 Å². The Balaban J connectivity index is 3.92. The van der Waals surface area contributed by atoms with Crippen LogP contribution in [-0.2, 0) is 14.3 Å². The van der Waals surface area contributed by atoms with Gasteiger partial charge in [0.05, 0.1) is 5.41 Å². The summed E-state index contributed by atoms with van der Waals surface area (Å²) in [5.41, 5.74) is -0.530. The second-order valence-electron chi connectivity index (χ2n) is 4.45. The summed E-state index contributed by atoms with van der Waals surface area (Å²) in [6, 6.07) is 0. The number of carbonyl (C=O) groups is 2. The number of esters is 1. The van der Waals surface area contributed by atoms with E-state index in [0.717, 1.165) is 0 Å². The van der Waals surface area contributed by atoms with Crippen molar-refractivity contribution in [1.82, 2.24) is 0 Å². The fourth-order valence-corrected chi connectivity index (χ4v) is 0.520. The molecule has 0 aliphatic rings. The van der Waals surface area contributed by atoms with Crippen LogP contribution in [0.1, 0.15) is 34.6 Å². The van der Waals surface area contributed by atoms with Gasteiger partial charge in [0.2, 0.25) is 0 Å². The summed E-state index contributed by atoms with van der Waals surface area (Å²) in [5, 5.41) is 0. The van der Waals surface area contributed by atoms with Gasteiger partial charge in [0.25, 0.3) is 0 Å². The van der Waals surface area contributed by atoms with Crippen molar-refractivity contribution in [3.05, 3.63) is 0 Å². The van der Waals surface area contributed by atoms with Crippen molar-refractivity contribution >= 4 is 11.8 Å². The summed E-state index contributed by atoms with van der Waals surface area (Å²) in [5.74, 6) is -0.452. The molecule has 0 aliphatic carbocycles. The van der Waals surface area contributed by atoms with E-state index in [1.165, 1.54) is 0 Å². The highest BCUT2D eigenvalue weighted by molar-refractivity contribution is 5.84. The van der Waals surface area contributed by atoms with Crippen LogP contribution < -0.4 is 0 Å². The molecule has 0 rings (SSSR count). The van der Waals surface area contributed by atoms with E-state index in [2.05, 4.69) is 0 Å². The van der Waals surface area contributed by atoms with E-state index >= 15 is 0 Å². The Labute approximate surface area is 79.5 Å². The van der Waals surface area contributed by atoms with Crippen LogP contribution in [0.2, 0.25) is 0 Å². The minimum absolute atomic E-state index is 0.0439. The Kier molecular flexibility index (Phi) is 4.11. The van der Waals surface area contributed by atoms with Crippen LogP contribution in [0.3, 0.4) is 0 Å². The summed E-state index contributed by atoms with van der Waals surface area (Å²) < 4.78 is 4.84. The van der Waals surface area contributed by atoms with Crippen molar-refractivity contribution in [1.29, 1.82) is 0 Å². The third kappa shape index (κ3) is 4.65. The summed E-state index contributed by atoms with van der Waals surface area (Å²) in [4.78, 5) is 22.3. The van der Waals surface area contributed by atoms with E-state index < -0.39 is 5.41 Å². The van der Waals surface area contributed by atoms with Gasteiger partial charge in [0.15, 0.2) is 5.78 Å². The minimum Gasteiger partial charge on any atom is -0.457 e. The molecule has 0 radical (unpaired) electrons. The number of hydrogen-bond acceptors (Lipinski definition) is 3. The van der Waals surface area contributed by atoms with Gasteiger partial charge in [0, 0.05) is 5.92 Å². The zero-order valence-corrected chi connectivity index (χ0v) is 9.01. The molecule has 0 spiro atoms. The van der Waals surface area contributed by atoms with Gasteiger partial charge in [-0.05, 0) is 20.8 Å². The quantitative estimate of drug-likeness (QED) is 0.631. The summed E-state index contributed by atoms with van der Waals surface area (Å²) in [6.45, 7) is 8.74. The Bertz CT molecular complexity index is 199. The topological polar surface area (TPSA) is 43.4 Å². The third-order valence-electron chi connectivity index (χ3n) is 1.60. The lowest BCUT2D eigenvalue weighted by Crippen LogP contribution is -2.26. The van der Waals surface area contributed by atoms with Crippen molar-refractivity contribution in [2.24, 2.45) is 11.3 Å². The lowest BCUT2D eigenvalue weighted by atomic mass is 9.97. The van der Waals surface area contributed by atoms with Crippen LogP contribution in [0.5, 0.6) is 0 Å². The van der Waals surface area contributed by atoms with Crippen LogP contribution in [0, 0.1) is 11.3 Å². The van der Waals surface area contributed by atoms with E-state index in [0.29, 0.717) is 0 Å². The highest BCUT2D eigenvalue weighted by Crippen LogP contribution is 2.15. The maximum absolute atomic E-state index is 11.2. The van der Waals surface area contributed by atoms with E-state index in [1.807, 2.05) is 0 Å². The monoisotopic (exact) mass is 186 g/mol. The normalized spacial score (nSPS) is 11.5. The number of ketones is 1. The van der Waals surface area contributed by atoms with E-state index in [-0.39, 0.29) is 24.3 Å². The average molecular weight is 186 g/mol. The van der Waals surface area contributed by atoms with Gasteiger partial charge in [-0.25, -0.2) is 0 Å². The molecule has 0 saturated heterocycles. The maximum atomic E-state index is 11.2. The third-order valence-corrected chi connectivity index (χ3v) is 1.60. The first-order chi connectivity index (χ1) is 5.75. The number of ether oxygens (including phenoxy) is 1. The predicted octanol–water partition coefficient (Wildman–Crippen LogP) is 1.80. The molecule has 0 amide bonds. The second-order valence-corrected chi connectivity index (χ2v) is 4.45. The zero-order valence-electron chi connectivity index (χ0n) is 9.01. The first kappa shape index (κ1) is 12.1. The molecular formula is C10H18O3. The molecule has 0 unspecified atom stereocenters. The number of carbonyl (C=O) groups excluding carboxylic acids is 2. The number of Topliss-reactive ketones (excluding diaryl/α,β-unsaturated/α-hetero) is 1. The maximum Gasteiger partial charge on any atom is 0.311 e. The van der Waals surface area contributed by atoms with Crippen molar-refractivity contribution in [3.8, 4) is 0 Å². The molecule has 0 heterocycles. The molecule has 0 aromatic heterocycles. The van der Waals surface area contributed by atoms with Crippen molar-refractivity contribution in [2.75, 3.05) is 6.61 Å². The zero-order chi connectivity index (χ0) is 10.6. The number of rotatable bonds is 3. The van der Waals surface area contributed by atoms with Gasteiger partial charge in [-0.2, -0.15) is 0 Å². The van der Waals surface area contributed by atoms with Crippen LogP contribution in [0.4, 0.5) is 0 Å². The molecule has 0 aliphatic heterocycles. The minimum atomic E-state index is -0.530. The molecule has 0 aromatic rings. The van der Waals surface area contributed by atoms with Crippen molar-refractivity contribution in [3.63, 3.8) is 0 Å². The van der Waals surface area contributed by atoms with Gasteiger partial charge in [-0.15, -0.1) is 0 Å². The lowest BCUT2D eigenvalue weighted by molar-refractivity contribution is -0.156. The van der Waals surface area contributed by atoms with Gasteiger partial charge in [-0.3, -0.25) is 9.59 Å². The highest BCUT2D eigenvalue weighted by Gasteiger charge is 2.24. The van der Waals surface area contributed by atoms with Gasteiger partial charge in [0.1, 0.15) is 6.61 Å². The van der Waals surface area contributed by atoms with E-state index in [9.17, 15) is 9.59 Å². The molecular weight excluding hydrogens is 168 g/mol. The molecule has 0 bridgehead atoms. The smallest absolute Gasteiger partial charge is 0.311 e. The van der Waals surface area contributed by atoms with Crippen LogP contribution in [0.15, 0.2) is 0 Å². The fraction of sp³-hybridized carbons (Fsp3) is 0.800. The van der Waals surface area contributed by atoms with Gasteiger partial charge < -0.3 is 4.74 Å². The Morgan fingerprint density at radius 1 is 1.23 bits per heavy atom. The van der Waals surface area contributed by atoms with Gasteiger partial charge in [-0.1, -0.05) is 13.8 Å². The molecule has 76 valence electrons. The van der Waals surface area contributed by atoms with Gasteiger partial charge >= 0.3 is 5.97 Å². The first-order valence-electron chi connectivity index (χ1n) is 4.45. The highest BCUT2D eigenvalue weighted by atomic mass is 16.5. The van der Waals surface area contributed by atoms with E-state index in [1.54, 1.807) is 34.6 Å². The standard InChI is InChI=1S/C10H18O3/c1-7(2)8(11)6-13-9(12)10(3,4)5/h7H,6H2,1-5H3. The molecule has 0 fully saturated rings. The van der Waals surface area contributed by atoms with Crippen molar-refractivity contribution in [2.45, 2.75) is 34.6 Å². The van der Waals surface area contributed by atoms with Crippen LogP contribution in [-0.4, -0.2) is 18.4 Å². The Morgan fingerprint density at radius 3 is 2.00 bits per heavy atom. The predicted molar refractivity (Wildman–Crippen MR) is 50.3 cm³/mol. The summed E-state index contributed by atoms with van der Waals surface area (Å²) in [7, 11) is 0. The molecule has 3 heteroatoms. The fourth-order valence-electron chi connectivity index (χ4n) is 0.520. The van der Waals surface area contributed by atoms with Crippen LogP contribution in [0.25, 0.3) is 0 Å². The summed E-state index contributed by atoms with van der Waals surface area (Å²) in [6.07, 6.45) is 0. The molecule has 0 N–H and O–H groups in total. The average Bonchev–Trinajstić information content (AvgIpc) is 1.97. The second kappa shape index (κ2) is 4.40. The summed E-state index contributed by atoms with van der Waals surface area (Å²) >= 11 is 0. The van der Waals surface area contributed by atoms with Crippen LogP contribution >= 0.6 is 0 Å².